The lowest BCUT2D eigenvalue weighted by Gasteiger charge is -2.10. The number of aldehydes is 1. The lowest BCUT2D eigenvalue weighted by molar-refractivity contribution is -0.107. The van der Waals surface area contributed by atoms with Crippen LogP contribution in [-0.2, 0) is 24.3 Å². The minimum absolute atomic E-state index is 0.226. The first-order valence-electron chi connectivity index (χ1n) is 9.12. The maximum absolute atomic E-state index is 13.5. The van der Waals surface area contributed by atoms with Crippen molar-refractivity contribution in [2.24, 2.45) is 0 Å². The third-order valence-corrected chi connectivity index (χ3v) is 4.52. The SMILES string of the molecule is CCCn1c(Cn2ccnc2-c2cccc(F)n2)nc2c(CC=O)nccc21. The van der Waals surface area contributed by atoms with Gasteiger partial charge in [0.05, 0.1) is 17.8 Å². The molecule has 7 nitrogen and oxygen atoms in total. The Morgan fingerprint density at radius 2 is 2.04 bits per heavy atom. The van der Waals surface area contributed by atoms with E-state index in [9.17, 15) is 9.18 Å². The molecule has 0 saturated heterocycles. The Kier molecular flexibility index (Phi) is 4.92. The summed E-state index contributed by atoms with van der Waals surface area (Å²) in [5, 5.41) is 0. The van der Waals surface area contributed by atoms with E-state index in [1.165, 1.54) is 6.07 Å². The predicted octanol–water partition coefficient (Wildman–Crippen LogP) is 3.03. The van der Waals surface area contributed by atoms with Crippen LogP contribution in [0.2, 0.25) is 0 Å². The molecule has 0 fully saturated rings. The van der Waals surface area contributed by atoms with Crippen molar-refractivity contribution < 1.29 is 9.18 Å². The number of carbonyl (C=O) groups is 1. The largest absolute Gasteiger partial charge is 0.326 e. The molecule has 0 radical (unpaired) electrons. The van der Waals surface area contributed by atoms with Crippen LogP contribution in [0.15, 0.2) is 42.9 Å². The highest BCUT2D eigenvalue weighted by Gasteiger charge is 2.16. The summed E-state index contributed by atoms with van der Waals surface area (Å²) in [5.74, 6) is 0.850. The van der Waals surface area contributed by atoms with E-state index in [4.69, 9.17) is 4.98 Å². The fraction of sp³-hybridized carbons (Fsp3) is 0.250. The summed E-state index contributed by atoms with van der Waals surface area (Å²) in [5.41, 5.74) is 2.82. The number of hydrogen-bond acceptors (Lipinski definition) is 5. The maximum atomic E-state index is 13.5. The first-order valence-corrected chi connectivity index (χ1v) is 9.12. The summed E-state index contributed by atoms with van der Waals surface area (Å²) in [6, 6.07) is 6.56. The lowest BCUT2D eigenvalue weighted by Crippen LogP contribution is -2.10. The maximum Gasteiger partial charge on any atom is 0.213 e. The smallest absolute Gasteiger partial charge is 0.213 e. The number of aromatic nitrogens is 6. The number of fused-ring (bicyclic) bond motifs is 1. The Labute approximate surface area is 160 Å². The average Bonchev–Trinajstić information content (AvgIpc) is 3.29. The fourth-order valence-electron chi connectivity index (χ4n) is 3.33. The van der Waals surface area contributed by atoms with Gasteiger partial charge in [0.25, 0.3) is 0 Å². The molecule has 0 bridgehead atoms. The number of hydrogen-bond donors (Lipinski definition) is 0. The summed E-state index contributed by atoms with van der Waals surface area (Å²) in [6.07, 6.45) is 7.19. The van der Waals surface area contributed by atoms with Crippen LogP contribution in [0.25, 0.3) is 22.6 Å². The van der Waals surface area contributed by atoms with Gasteiger partial charge in [-0.1, -0.05) is 13.0 Å². The molecule has 0 spiro atoms. The van der Waals surface area contributed by atoms with Gasteiger partial charge in [-0.15, -0.1) is 0 Å². The first-order chi connectivity index (χ1) is 13.7. The second-order valence-corrected chi connectivity index (χ2v) is 6.40. The van der Waals surface area contributed by atoms with E-state index in [2.05, 4.69) is 26.4 Å². The van der Waals surface area contributed by atoms with E-state index in [1.807, 2.05) is 16.8 Å². The van der Waals surface area contributed by atoms with Crippen LogP contribution in [0.3, 0.4) is 0 Å². The third-order valence-electron chi connectivity index (χ3n) is 4.52. The molecule has 8 heteroatoms. The molecule has 28 heavy (non-hydrogen) atoms. The molecule has 4 aromatic heterocycles. The van der Waals surface area contributed by atoms with Crippen molar-refractivity contribution in [3.8, 4) is 11.5 Å². The second kappa shape index (κ2) is 7.67. The molecule has 0 N–H and O–H groups in total. The highest BCUT2D eigenvalue weighted by atomic mass is 19.1. The predicted molar refractivity (Wildman–Crippen MR) is 102 cm³/mol. The van der Waals surface area contributed by atoms with Crippen LogP contribution < -0.4 is 0 Å². The molecule has 0 aliphatic rings. The van der Waals surface area contributed by atoms with Crippen LogP contribution in [0.1, 0.15) is 24.9 Å². The van der Waals surface area contributed by atoms with Crippen molar-refractivity contribution in [3.63, 3.8) is 0 Å². The number of halogens is 1. The molecule has 0 aliphatic heterocycles. The minimum Gasteiger partial charge on any atom is -0.326 e. The normalized spacial score (nSPS) is 11.2. The van der Waals surface area contributed by atoms with Crippen molar-refractivity contribution in [2.45, 2.75) is 32.9 Å². The summed E-state index contributed by atoms with van der Waals surface area (Å²) in [4.78, 5) is 28.3. The molecule has 4 rings (SSSR count). The molecular formula is C20H19FN6O. The quantitative estimate of drug-likeness (QED) is 0.365. The Morgan fingerprint density at radius 3 is 2.82 bits per heavy atom. The van der Waals surface area contributed by atoms with Crippen molar-refractivity contribution in [1.82, 2.24) is 29.1 Å². The average molecular weight is 378 g/mol. The summed E-state index contributed by atoms with van der Waals surface area (Å²) < 4.78 is 17.6. The van der Waals surface area contributed by atoms with Gasteiger partial charge in [-0.2, -0.15) is 4.39 Å². The monoisotopic (exact) mass is 378 g/mol. The molecule has 0 unspecified atom stereocenters. The zero-order valence-electron chi connectivity index (χ0n) is 15.4. The second-order valence-electron chi connectivity index (χ2n) is 6.40. The zero-order chi connectivity index (χ0) is 19.5. The van der Waals surface area contributed by atoms with Crippen molar-refractivity contribution in [2.75, 3.05) is 0 Å². The molecule has 0 aromatic carbocycles. The van der Waals surface area contributed by atoms with E-state index in [-0.39, 0.29) is 6.42 Å². The molecule has 0 aliphatic carbocycles. The van der Waals surface area contributed by atoms with E-state index >= 15 is 0 Å². The summed E-state index contributed by atoms with van der Waals surface area (Å²) in [7, 11) is 0. The summed E-state index contributed by atoms with van der Waals surface area (Å²) in [6.45, 7) is 3.34. The van der Waals surface area contributed by atoms with Crippen LogP contribution >= 0.6 is 0 Å². The van der Waals surface area contributed by atoms with Gasteiger partial charge < -0.3 is 13.9 Å². The highest BCUT2D eigenvalue weighted by molar-refractivity contribution is 5.80. The summed E-state index contributed by atoms with van der Waals surface area (Å²) >= 11 is 0. The molecule has 4 aromatic rings. The van der Waals surface area contributed by atoms with Crippen LogP contribution in [0.5, 0.6) is 0 Å². The number of nitrogens with zero attached hydrogens (tertiary/aromatic N) is 6. The molecule has 0 amide bonds. The van der Waals surface area contributed by atoms with Gasteiger partial charge in [0.2, 0.25) is 5.95 Å². The van der Waals surface area contributed by atoms with Crippen molar-refractivity contribution in [1.29, 1.82) is 0 Å². The standard InChI is InChI=1S/C20H19FN6O/c1-2-10-27-16-6-8-22-14(7-12-28)19(16)25-18(27)13-26-11-9-23-20(26)15-4-3-5-17(21)24-15/h3-6,8-9,11-12H,2,7,10,13H2,1H3. The van der Waals surface area contributed by atoms with E-state index in [1.54, 1.807) is 24.5 Å². The van der Waals surface area contributed by atoms with Gasteiger partial charge in [-0.3, -0.25) is 4.98 Å². The number of aryl methyl sites for hydroxylation is 1. The minimum atomic E-state index is -0.546. The van der Waals surface area contributed by atoms with Crippen LogP contribution in [0.4, 0.5) is 4.39 Å². The molecule has 0 saturated carbocycles. The van der Waals surface area contributed by atoms with E-state index < -0.39 is 5.95 Å². The Bertz CT molecular complexity index is 1130. The lowest BCUT2D eigenvalue weighted by atomic mass is 10.2. The molecule has 4 heterocycles. The molecule has 142 valence electrons. The number of carbonyl (C=O) groups excluding carboxylic acids is 1. The van der Waals surface area contributed by atoms with Crippen LogP contribution in [0, 0.1) is 5.95 Å². The van der Waals surface area contributed by atoms with Gasteiger partial charge in [-0.05, 0) is 24.6 Å². The van der Waals surface area contributed by atoms with Gasteiger partial charge in [0, 0.05) is 31.6 Å². The van der Waals surface area contributed by atoms with Crippen molar-refractivity contribution >= 4 is 17.3 Å². The first kappa shape index (κ1) is 18.0. The highest BCUT2D eigenvalue weighted by Crippen LogP contribution is 2.22. The van der Waals surface area contributed by atoms with Crippen molar-refractivity contribution in [3.05, 3.63) is 60.3 Å². The molecular weight excluding hydrogens is 359 g/mol. The fourth-order valence-corrected chi connectivity index (χ4v) is 3.33. The zero-order valence-corrected chi connectivity index (χ0v) is 15.4. The number of pyridine rings is 2. The van der Waals surface area contributed by atoms with E-state index in [0.717, 1.165) is 36.1 Å². The van der Waals surface area contributed by atoms with Gasteiger partial charge >= 0.3 is 0 Å². The van der Waals surface area contributed by atoms with Gasteiger partial charge in [0.1, 0.15) is 23.3 Å². The Hall–Kier alpha value is -3.42. The number of imidazole rings is 2. The van der Waals surface area contributed by atoms with E-state index in [0.29, 0.717) is 23.8 Å². The topological polar surface area (TPSA) is 78.5 Å². The Morgan fingerprint density at radius 1 is 1.14 bits per heavy atom. The molecule has 0 atom stereocenters. The van der Waals surface area contributed by atoms with Crippen LogP contribution in [-0.4, -0.2) is 35.4 Å². The number of rotatable bonds is 7. The van der Waals surface area contributed by atoms with Gasteiger partial charge in [0.15, 0.2) is 5.82 Å². The van der Waals surface area contributed by atoms with Gasteiger partial charge in [-0.25, -0.2) is 15.0 Å². The Balaban J connectivity index is 1.78. The third kappa shape index (κ3) is 3.28.